The van der Waals surface area contributed by atoms with Gasteiger partial charge in [-0.15, -0.1) is 0 Å². The maximum Gasteiger partial charge on any atom is 0.312 e. The van der Waals surface area contributed by atoms with E-state index in [4.69, 9.17) is 5.26 Å². The van der Waals surface area contributed by atoms with Crippen LogP contribution < -0.4 is 5.32 Å². The molecule has 1 unspecified atom stereocenters. The van der Waals surface area contributed by atoms with Crippen LogP contribution in [-0.2, 0) is 9.59 Å². The maximum absolute atomic E-state index is 11.7. The first kappa shape index (κ1) is 12.5. The highest BCUT2D eigenvalue weighted by atomic mass is 16.2. The maximum atomic E-state index is 11.7. The Balaban J connectivity index is 2.54. The van der Waals surface area contributed by atoms with Gasteiger partial charge in [-0.2, -0.15) is 5.26 Å². The monoisotopic (exact) mass is 224 g/mol. The summed E-state index contributed by atoms with van der Waals surface area (Å²) >= 11 is 0. The molecule has 6 nitrogen and oxygen atoms in total. The molecule has 0 aromatic heterocycles. The van der Waals surface area contributed by atoms with Gasteiger partial charge in [0.25, 0.3) is 0 Å². The van der Waals surface area contributed by atoms with Crippen LogP contribution in [0.5, 0.6) is 0 Å². The number of nitriles is 1. The predicted octanol–water partition coefficient (Wildman–Crippen LogP) is -1.21. The molecule has 1 aliphatic rings. The van der Waals surface area contributed by atoms with Crippen molar-refractivity contribution in [3.8, 4) is 6.07 Å². The van der Waals surface area contributed by atoms with Crippen molar-refractivity contribution in [2.45, 2.75) is 13.0 Å². The normalized spacial score (nSPS) is 21.3. The molecule has 0 bridgehead atoms. The summed E-state index contributed by atoms with van der Waals surface area (Å²) in [6, 6.07) is 1.79. The first-order valence-electron chi connectivity index (χ1n) is 5.20. The Kier molecular flexibility index (Phi) is 4.26. The lowest BCUT2D eigenvalue weighted by atomic mass is 10.2. The smallest absolute Gasteiger partial charge is 0.312 e. The van der Waals surface area contributed by atoms with Gasteiger partial charge in [-0.25, -0.2) is 0 Å². The molecule has 0 radical (unpaired) electrons. The number of rotatable bonds is 1. The van der Waals surface area contributed by atoms with Gasteiger partial charge in [0.2, 0.25) is 0 Å². The second-order valence-corrected chi connectivity index (χ2v) is 3.95. The third kappa shape index (κ3) is 2.94. The fraction of sp³-hybridized carbons (Fsp3) is 0.700. The zero-order chi connectivity index (χ0) is 12.1. The zero-order valence-electron chi connectivity index (χ0n) is 9.56. The average molecular weight is 224 g/mol. The predicted molar refractivity (Wildman–Crippen MR) is 57.3 cm³/mol. The van der Waals surface area contributed by atoms with E-state index in [0.29, 0.717) is 6.54 Å². The van der Waals surface area contributed by atoms with Gasteiger partial charge in [0.05, 0.1) is 6.07 Å². The standard InChI is InChI=1S/C10H16N4O2/c1-8-7-13(2)5-6-14(8)10(16)9(15)12-4-3-11/h8H,4-7H2,1-2H3,(H,12,15). The number of likely N-dealkylation sites (N-methyl/N-ethyl adjacent to an activating group) is 1. The Labute approximate surface area is 94.8 Å². The molecule has 1 heterocycles. The van der Waals surface area contributed by atoms with Gasteiger partial charge in [-0.1, -0.05) is 0 Å². The molecule has 1 fully saturated rings. The van der Waals surface area contributed by atoms with Crippen LogP contribution in [-0.4, -0.2) is 60.9 Å². The number of piperazine rings is 1. The van der Waals surface area contributed by atoms with Gasteiger partial charge < -0.3 is 15.1 Å². The van der Waals surface area contributed by atoms with Gasteiger partial charge in [-0.05, 0) is 14.0 Å². The van der Waals surface area contributed by atoms with Crippen molar-refractivity contribution in [2.24, 2.45) is 0 Å². The molecule has 1 N–H and O–H groups in total. The van der Waals surface area contributed by atoms with E-state index in [0.717, 1.165) is 13.1 Å². The van der Waals surface area contributed by atoms with Gasteiger partial charge in [-0.3, -0.25) is 9.59 Å². The van der Waals surface area contributed by atoms with Gasteiger partial charge in [0.15, 0.2) is 0 Å². The van der Waals surface area contributed by atoms with Crippen molar-refractivity contribution in [3.63, 3.8) is 0 Å². The minimum absolute atomic E-state index is 0.0269. The molecular formula is C10H16N4O2. The summed E-state index contributed by atoms with van der Waals surface area (Å²) in [7, 11) is 1.98. The number of hydrogen-bond donors (Lipinski definition) is 1. The Hall–Kier alpha value is -1.61. The Morgan fingerprint density at radius 1 is 1.50 bits per heavy atom. The largest absolute Gasteiger partial charge is 0.335 e. The molecule has 88 valence electrons. The Morgan fingerprint density at radius 2 is 2.19 bits per heavy atom. The quantitative estimate of drug-likeness (QED) is 0.448. The number of hydrogen-bond acceptors (Lipinski definition) is 4. The van der Waals surface area contributed by atoms with Crippen LogP contribution in [0.2, 0.25) is 0 Å². The summed E-state index contributed by atoms with van der Waals surface area (Å²) in [6.07, 6.45) is 0. The van der Waals surface area contributed by atoms with Crippen molar-refractivity contribution in [1.82, 2.24) is 15.1 Å². The van der Waals surface area contributed by atoms with Crippen LogP contribution >= 0.6 is 0 Å². The first-order chi connectivity index (χ1) is 7.56. The minimum Gasteiger partial charge on any atom is -0.335 e. The van der Waals surface area contributed by atoms with E-state index in [9.17, 15) is 9.59 Å². The van der Waals surface area contributed by atoms with Crippen LogP contribution in [0.1, 0.15) is 6.92 Å². The molecule has 0 aromatic rings. The van der Waals surface area contributed by atoms with E-state index >= 15 is 0 Å². The van der Waals surface area contributed by atoms with E-state index in [1.165, 1.54) is 0 Å². The molecule has 0 saturated carbocycles. The zero-order valence-corrected chi connectivity index (χ0v) is 9.56. The second-order valence-electron chi connectivity index (χ2n) is 3.95. The number of nitrogens with zero attached hydrogens (tertiary/aromatic N) is 3. The highest BCUT2D eigenvalue weighted by Crippen LogP contribution is 2.07. The van der Waals surface area contributed by atoms with E-state index in [1.54, 1.807) is 11.0 Å². The molecule has 6 heteroatoms. The highest BCUT2D eigenvalue weighted by Gasteiger charge is 2.29. The van der Waals surface area contributed by atoms with E-state index in [-0.39, 0.29) is 12.6 Å². The lowest BCUT2D eigenvalue weighted by Crippen LogP contribution is -2.56. The molecular weight excluding hydrogens is 208 g/mol. The summed E-state index contributed by atoms with van der Waals surface area (Å²) in [5.74, 6) is -1.24. The molecule has 1 aliphatic heterocycles. The van der Waals surface area contributed by atoms with Crippen LogP contribution in [0.15, 0.2) is 0 Å². The fourth-order valence-electron chi connectivity index (χ4n) is 1.77. The third-order valence-corrected chi connectivity index (χ3v) is 2.61. The SMILES string of the molecule is CC1CN(C)CCN1C(=O)C(=O)NCC#N. The number of nitrogens with one attached hydrogen (secondary N) is 1. The fourth-order valence-corrected chi connectivity index (χ4v) is 1.77. The minimum atomic E-state index is -0.696. The van der Waals surface area contributed by atoms with Crippen LogP contribution in [0.3, 0.4) is 0 Å². The van der Waals surface area contributed by atoms with E-state index in [1.807, 2.05) is 14.0 Å². The van der Waals surface area contributed by atoms with Crippen molar-refractivity contribution in [1.29, 1.82) is 5.26 Å². The lowest BCUT2D eigenvalue weighted by Gasteiger charge is -2.37. The van der Waals surface area contributed by atoms with E-state index in [2.05, 4.69) is 10.2 Å². The molecule has 1 rings (SSSR count). The summed E-state index contributed by atoms with van der Waals surface area (Å²) < 4.78 is 0. The highest BCUT2D eigenvalue weighted by molar-refractivity contribution is 6.35. The average Bonchev–Trinajstić information content (AvgIpc) is 2.25. The van der Waals surface area contributed by atoms with Gasteiger partial charge in [0, 0.05) is 25.7 Å². The Morgan fingerprint density at radius 3 is 2.75 bits per heavy atom. The molecule has 16 heavy (non-hydrogen) atoms. The summed E-state index contributed by atoms with van der Waals surface area (Å²) in [5, 5.41) is 10.6. The summed E-state index contributed by atoms with van der Waals surface area (Å²) in [5.41, 5.74) is 0. The summed E-state index contributed by atoms with van der Waals surface area (Å²) in [4.78, 5) is 26.7. The number of amides is 2. The third-order valence-electron chi connectivity index (χ3n) is 2.61. The number of carbonyl (C=O) groups is 2. The molecule has 2 amide bonds. The first-order valence-corrected chi connectivity index (χ1v) is 5.20. The molecule has 0 spiro atoms. The molecule has 1 saturated heterocycles. The van der Waals surface area contributed by atoms with Crippen molar-refractivity contribution >= 4 is 11.8 Å². The molecule has 1 atom stereocenters. The Bertz CT molecular complexity index is 323. The second kappa shape index (κ2) is 5.47. The van der Waals surface area contributed by atoms with Crippen molar-refractivity contribution in [3.05, 3.63) is 0 Å². The van der Waals surface area contributed by atoms with Crippen LogP contribution in [0, 0.1) is 11.3 Å². The van der Waals surface area contributed by atoms with Crippen molar-refractivity contribution in [2.75, 3.05) is 33.2 Å². The topological polar surface area (TPSA) is 76.4 Å². The van der Waals surface area contributed by atoms with Gasteiger partial charge in [0.1, 0.15) is 6.54 Å². The van der Waals surface area contributed by atoms with E-state index < -0.39 is 11.8 Å². The lowest BCUT2D eigenvalue weighted by molar-refractivity contribution is -0.148. The molecule has 0 aromatic carbocycles. The molecule has 0 aliphatic carbocycles. The number of carbonyl (C=O) groups excluding carboxylic acids is 2. The van der Waals surface area contributed by atoms with Crippen LogP contribution in [0.4, 0.5) is 0 Å². The van der Waals surface area contributed by atoms with Crippen molar-refractivity contribution < 1.29 is 9.59 Å². The summed E-state index contributed by atoms with van der Waals surface area (Å²) in [6.45, 7) is 3.85. The van der Waals surface area contributed by atoms with Crippen LogP contribution in [0.25, 0.3) is 0 Å². The van der Waals surface area contributed by atoms with Gasteiger partial charge >= 0.3 is 11.8 Å².